The number of rotatable bonds is 7. The van der Waals surface area contributed by atoms with Crippen LogP contribution >= 0.6 is 0 Å². The summed E-state index contributed by atoms with van der Waals surface area (Å²) >= 11 is 0. The lowest BCUT2D eigenvalue weighted by molar-refractivity contribution is -0.189. The van der Waals surface area contributed by atoms with Gasteiger partial charge in [-0.2, -0.15) is 0 Å². The van der Waals surface area contributed by atoms with Crippen molar-refractivity contribution in [2.24, 2.45) is 11.8 Å². The van der Waals surface area contributed by atoms with Crippen molar-refractivity contribution in [2.45, 2.75) is 45.2 Å². The highest BCUT2D eigenvalue weighted by molar-refractivity contribution is 5.89. The van der Waals surface area contributed by atoms with Gasteiger partial charge in [-0.1, -0.05) is 18.2 Å². The lowest BCUT2D eigenvalue weighted by Gasteiger charge is -2.30. The highest BCUT2D eigenvalue weighted by atomic mass is 16.7. The Balaban J connectivity index is 1.78. The Bertz CT molecular complexity index is 595. The molecule has 2 fully saturated rings. The van der Waals surface area contributed by atoms with E-state index < -0.39 is 12.4 Å². The molecule has 0 N–H and O–H groups in total. The third-order valence-corrected chi connectivity index (χ3v) is 4.80. The summed E-state index contributed by atoms with van der Waals surface area (Å²) in [4.78, 5) is 24.1. The number of benzene rings is 1. The van der Waals surface area contributed by atoms with Crippen molar-refractivity contribution in [1.29, 1.82) is 0 Å². The molecule has 1 aliphatic carbocycles. The van der Waals surface area contributed by atoms with Gasteiger partial charge in [0.05, 0.1) is 17.9 Å². The maximum atomic E-state index is 12.5. The predicted molar refractivity (Wildman–Crippen MR) is 88.8 cm³/mol. The quantitative estimate of drug-likeness (QED) is 0.557. The molecule has 1 aliphatic heterocycles. The zero-order valence-electron chi connectivity index (χ0n) is 14.6. The van der Waals surface area contributed by atoms with Gasteiger partial charge in [0.25, 0.3) is 0 Å². The number of esters is 2. The van der Waals surface area contributed by atoms with Gasteiger partial charge in [0.15, 0.2) is 6.29 Å². The number of ether oxygens (including phenoxy) is 4. The Hall–Kier alpha value is -1.92. The Morgan fingerprint density at radius 3 is 2.52 bits per heavy atom. The minimum atomic E-state index is -0.520. The molecule has 136 valence electrons. The van der Waals surface area contributed by atoms with Crippen molar-refractivity contribution in [2.75, 3.05) is 13.2 Å². The van der Waals surface area contributed by atoms with E-state index in [-0.39, 0.29) is 29.9 Å². The van der Waals surface area contributed by atoms with Crippen molar-refractivity contribution >= 4 is 11.9 Å². The molecule has 1 aromatic rings. The third kappa shape index (κ3) is 3.85. The van der Waals surface area contributed by atoms with Crippen molar-refractivity contribution < 1.29 is 28.5 Å². The second-order valence-electron chi connectivity index (χ2n) is 6.30. The summed E-state index contributed by atoms with van der Waals surface area (Å²) in [5, 5.41) is 0. The first-order chi connectivity index (χ1) is 12.1. The van der Waals surface area contributed by atoms with Crippen molar-refractivity contribution in [3.05, 3.63) is 35.9 Å². The molecule has 3 rings (SSSR count). The van der Waals surface area contributed by atoms with Gasteiger partial charge in [-0.15, -0.1) is 0 Å². The van der Waals surface area contributed by atoms with E-state index in [1.807, 2.05) is 19.9 Å². The Kier molecular flexibility index (Phi) is 5.71. The van der Waals surface area contributed by atoms with Gasteiger partial charge >= 0.3 is 11.9 Å². The van der Waals surface area contributed by atoms with E-state index in [2.05, 4.69) is 0 Å². The SMILES string of the molecule is CCOC(OCC)[C@@H]1[C@H]2CC(=O)O[C@H]2C[C@H]1OC(=O)c1ccccc1. The number of carbonyl (C=O) groups is 2. The molecule has 0 unspecified atom stereocenters. The van der Waals surface area contributed by atoms with Crippen LogP contribution in [0.4, 0.5) is 0 Å². The van der Waals surface area contributed by atoms with Crippen LogP contribution in [0, 0.1) is 11.8 Å². The fraction of sp³-hybridized carbons (Fsp3) is 0.579. The molecule has 25 heavy (non-hydrogen) atoms. The van der Waals surface area contributed by atoms with E-state index >= 15 is 0 Å². The summed E-state index contributed by atoms with van der Waals surface area (Å²) in [6.45, 7) is 4.74. The minimum Gasteiger partial charge on any atom is -0.462 e. The van der Waals surface area contributed by atoms with Gasteiger partial charge in [-0.3, -0.25) is 4.79 Å². The van der Waals surface area contributed by atoms with Crippen LogP contribution in [-0.2, 0) is 23.7 Å². The molecule has 1 saturated heterocycles. The number of hydrogen-bond acceptors (Lipinski definition) is 6. The molecule has 1 saturated carbocycles. The summed E-state index contributed by atoms with van der Waals surface area (Å²) in [6.07, 6.45) is -0.372. The van der Waals surface area contributed by atoms with Crippen LogP contribution in [0.2, 0.25) is 0 Å². The highest BCUT2D eigenvalue weighted by Crippen LogP contribution is 2.45. The fourth-order valence-corrected chi connectivity index (χ4v) is 3.78. The number of carbonyl (C=O) groups excluding carboxylic acids is 2. The summed E-state index contributed by atoms with van der Waals surface area (Å²) in [5.41, 5.74) is 0.500. The smallest absolute Gasteiger partial charge is 0.338 e. The normalized spacial score (nSPS) is 28.0. The van der Waals surface area contributed by atoms with Gasteiger partial charge in [0, 0.05) is 25.6 Å². The van der Waals surface area contributed by atoms with Crippen molar-refractivity contribution in [1.82, 2.24) is 0 Å². The van der Waals surface area contributed by atoms with Crippen molar-refractivity contribution in [3.8, 4) is 0 Å². The van der Waals surface area contributed by atoms with E-state index in [4.69, 9.17) is 18.9 Å². The Labute approximate surface area is 147 Å². The van der Waals surface area contributed by atoms with E-state index in [0.717, 1.165) is 0 Å². The minimum absolute atomic E-state index is 0.0517. The molecule has 6 heteroatoms. The molecular formula is C19H24O6. The first-order valence-electron chi connectivity index (χ1n) is 8.82. The zero-order valence-corrected chi connectivity index (χ0v) is 14.6. The number of hydrogen-bond donors (Lipinski definition) is 0. The van der Waals surface area contributed by atoms with Gasteiger partial charge in [0.2, 0.25) is 0 Å². The molecule has 0 aromatic heterocycles. The molecule has 0 bridgehead atoms. The van der Waals surface area contributed by atoms with Crippen molar-refractivity contribution in [3.63, 3.8) is 0 Å². The third-order valence-electron chi connectivity index (χ3n) is 4.80. The molecule has 6 nitrogen and oxygen atoms in total. The van der Waals surface area contributed by atoms with Crippen LogP contribution < -0.4 is 0 Å². The van der Waals surface area contributed by atoms with E-state index in [1.54, 1.807) is 24.3 Å². The van der Waals surface area contributed by atoms with Gasteiger partial charge in [-0.05, 0) is 26.0 Å². The van der Waals surface area contributed by atoms with Gasteiger partial charge in [-0.25, -0.2) is 4.79 Å². The van der Waals surface area contributed by atoms with Crippen LogP contribution in [0.25, 0.3) is 0 Å². The number of fused-ring (bicyclic) bond motifs is 1. The highest BCUT2D eigenvalue weighted by Gasteiger charge is 2.55. The van der Waals surface area contributed by atoms with E-state index in [0.29, 0.717) is 31.6 Å². The fourth-order valence-electron chi connectivity index (χ4n) is 3.78. The molecule has 1 heterocycles. The summed E-state index contributed by atoms with van der Waals surface area (Å²) < 4.78 is 22.7. The standard InChI is InChI=1S/C19H24O6/c1-3-22-19(23-4-2)17-13-10-16(20)24-14(13)11-15(17)25-18(21)12-8-6-5-7-9-12/h5-9,13-15,17,19H,3-4,10-11H2,1-2H3/t13-,14-,15+,17+/m0/s1. The molecule has 2 aliphatic rings. The van der Waals surface area contributed by atoms with Crippen LogP contribution in [0.5, 0.6) is 0 Å². The van der Waals surface area contributed by atoms with E-state index in [1.165, 1.54) is 0 Å². The zero-order chi connectivity index (χ0) is 17.8. The first-order valence-corrected chi connectivity index (χ1v) is 8.82. The second-order valence-corrected chi connectivity index (χ2v) is 6.30. The molecular weight excluding hydrogens is 324 g/mol. The average molecular weight is 348 g/mol. The second kappa shape index (κ2) is 7.97. The molecule has 0 radical (unpaired) electrons. The summed E-state index contributed by atoms with van der Waals surface area (Å²) in [7, 11) is 0. The summed E-state index contributed by atoms with van der Waals surface area (Å²) in [6, 6.07) is 8.87. The average Bonchev–Trinajstić information content (AvgIpc) is 3.10. The molecule has 4 atom stereocenters. The topological polar surface area (TPSA) is 71.1 Å². The van der Waals surface area contributed by atoms with E-state index in [9.17, 15) is 9.59 Å². The first kappa shape index (κ1) is 17.9. The lowest BCUT2D eigenvalue weighted by atomic mass is 9.91. The van der Waals surface area contributed by atoms with Crippen LogP contribution in [-0.4, -0.2) is 43.7 Å². The van der Waals surface area contributed by atoms with Crippen LogP contribution in [0.3, 0.4) is 0 Å². The summed E-state index contributed by atoms with van der Waals surface area (Å²) in [5.74, 6) is -0.860. The van der Waals surface area contributed by atoms with Gasteiger partial charge < -0.3 is 18.9 Å². The molecule has 1 aromatic carbocycles. The predicted octanol–water partition coefficient (Wildman–Crippen LogP) is 2.56. The lowest BCUT2D eigenvalue weighted by Crippen LogP contribution is -2.38. The largest absolute Gasteiger partial charge is 0.462 e. The Morgan fingerprint density at radius 2 is 1.88 bits per heavy atom. The Morgan fingerprint density at radius 1 is 1.20 bits per heavy atom. The maximum Gasteiger partial charge on any atom is 0.338 e. The maximum absolute atomic E-state index is 12.5. The molecule has 0 spiro atoms. The molecule has 0 amide bonds. The monoisotopic (exact) mass is 348 g/mol. The van der Waals surface area contributed by atoms with Crippen LogP contribution in [0.15, 0.2) is 30.3 Å². The van der Waals surface area contributed by atoms with Gasteiger partial charge in [0.1, 0.15) is 12.2 Å². The van der Waals surface area contributed by atoms with Crippen LogP contribution in [0.1, 0.15) is 37.0 Å².